The average molecular weight is 358 g/mol. The van der Waals surface area contributed by atoms with Crippen LogP contribution in [0.4, 0.5) is 0 Å². The predicted octanol–water partition coefficient (Wildman–Crippen LogP) is 1.97. The van der Waals surface area contributed by atoms with Gasteiger partial charge in [-0.15, -0.1) is 11.5 Å². The number of nitrogens with zero attached hydrogens (tertiary/aromatic N) is 4. The van der Waals surface area contributed by atoms with Crippen LogP contribution < -0.4 is 14.3 Å². The Balaban J connectivity index is 1.90. The molecule has 9 heteroatoms. The van der Waals surface area contributed by atoms with E-state index in [4.69, 9.17) is 15.9 Å². The third kappa shape index (κ3) is 2.36. The zero-order valence-corrected chi connectivity index (χ0v) is 14.1. The third-order valence-electron chi connectivity index (χ3n) is 3.47. The number of hydrogen-bond acceptors (Lipinski definition) is 7. The number of benzene rings is 1. The summed E-state index contributed by atoms with van der Waals surface area (Å²) in [6.07, 6.45) is 5.48. The van der Waals surface area contributed by atoms with Gasteiger partial charge in [-0.05, 0) is 18.5 Å². The summed E-state index contributed by atoms with van der Waals surface area (Å²) in [5.41, 5.74) is 1.42. The van der Waals surface area contributed by atoms with E-state index < -0.39 is 0 Å². The standard InChI is InChI=1S/C15H10N4O3S2/c1-3-4-19-9-5-10-11(22-7-21-10)6-12(9)23-15(19)16-14(20)13-8(2)17-18-24-13/h1,5-6H,4,7H2,2H3. The Morgan fingerprint density at radius 3 is 2.96 bits per heavy atom. The highest BCUT2D eigenvalue weighted by atomic mass is 32.1. The Hall–Kier alpha value is -2.70. The molecular weight excluding hydrogens is 348 g/mol. The minimum atomic E-state index is -0.375. The molecule has 4 rings (SSSR count). The van der Waals surface area contributed by atoms with Crippen LogP contribution in [0.5, 0.6) is 11.5 Å². The first-order valence-corrected chi connectivity index (χ1v) is 8.51. The topological polar surface area (TPSA) is 78.6 Å². The smallest absolute Gasteiger partial charge is 0.293 e. The van der Waals surface area contributed by atoms with Crippen LogP contribution in [0.3, 0.4) is 0 Å². The Kier molecular flexibility index (Phi) is 3.55. The fraction of sp³-hybridized carbons (Fsp3) is 0.200. The van der Waals surface area contributed by atoms with Gasteiger partial charge in [-0.3, -0.25) is 4.79 Å². The number of aromatic nitrogens is 3. The van der Waals surface area contributed by atoms with Crippen LogP contribution in [0.25, 0.3) is 10.2 Å². The van der Waals surface area contributed by atoms with E-state index in [0.29, 0.717) is 33.4 Å². The number of fused-ring (bicyclic) bond motifs is 2. The molecule has 3 heterocycles. The Labute approximate surface area is 144 Å². The zero-order chi connectivity index (χ0) is 16.7. The summed E-state index contributed by atoms with van der Waals surface area (Å²) < 4.78 is 17.3. The van der Waals surface area contributed by atoms with Crippen molar-refractivity contribution >= 4 is 39.0 Å². The van der Waals surface area contributed by atoms with Gasteiger partial charge in [0.1, 0.15) is 4.88 Å². The SMILES string of the molecule is C#CCn1c(=NC(=O)c2snnc2C)sc2cc3c(cc21)OCO3. The number of carbonyl (C=O) groups excluding carboxylic acids is 1. The molecule has 0 saturated heterocycles. The predicted molar refractivity (Wildman–Crippen MR) is 89.3 cm³/mol. The molecule has 0 bridgehead atoms. The fourth-order valence-corrected chi connectivity index (χ4v) is 3.93. The van der Waals surface area contributed by atoms with Crippen molar-refractivity contribution in [2.24, 2.45) is 4.99 Å². The summed E-state index contributed by atoms with van der Waals surface area (Å²) >= 11 is 2.40. The lowest BCUT2D eigenvalue weighted by Gasteiger charge is -2.01. The molecule has 0 fully saturated rings. The van der Waals surface area contributed by atoms with Crippen molar-refractivity contribution in [1.29, 1.82) is 0 Å². The van der Waals surface area contributed by atoms with E-state index in [1.807, 2.05) is 16.7 Å². The maximum atomic E-state index is 12.4. The molecular formula is C15H10N4O3S2. The van der Waals surface area contributed by atoms with Crippen LogP contribution in [-0.4, -0.2) is 26.9 Å². The van der Waals surface area contributed by atoms with Gasteiger partial charge in [0.25, 0.3) is 5.91 Å². The number of aryl methyl sites for hydroxylation is 1. The van der Waals surface area contributed by atoms with Crippen LogP contribution in [0, 0.1) is 19.3 Å². The van der Waals surface area contributed by atoms with Gasteiger partial charge >= 0.3 is 0 Å². The lowest BCUT2D eigenvalue weighted by molar-refractivity contribution is 0.100. The summed E-state index contributed by atoms with van der Waals surface area (Å²) in [5.74, 6) is 3.56. The molecule has 1 amide bonds. The summed E-state index contributed by atoms with van der Waals surface area (Å²) in [5, 5.41) is 3.84. The van der Waals surface area contributed by atoms with Crippen LogP contribution >= 0.6 is 22.9 Å². The van der Waals surface area contributed by atoms with Gasteiger partial charge < -0.3 is 14.0 Å². The van der Waals surface area contributed by atoms with E-state index in [1.165, 1.54) is 11.3 Å². The molecule has 2 aromatic heterocycles. The molecule has 0 atom stereocenters. The highest BCUT2D eigenvalue weighted by molar-refractivity contribution is 7.16. The number of thiazole rings is 1. The number of rotatable bonds is 2. The molecule has 0 spiro atoms. The second-order valence-electron chi connectivity index (χ2n) is 4.95. The first-order valence-electron chi connectivity index (χ1n) is 6.92. The van der Waals surface area contributed by atoms with Crippen molar-refractivity contribution in [1.82, 2.24) is 14.2 Å². The highest BCUT2D eigenvalue weighted by Gasteiger charge is 2.18. The van der Waals surface area contributed by atoms with E-state index >= 15 is 0 Å². The zero-order valence-electron chi connectivity index (χ0n) is 12.5. The van der Waals surface area contributed by atoms with E-state index in [2.05, 4.69) is 20.5 Å². The molecule has 24 heavy (non-hydrogen) atoms. The Morgan fingerprint density at radius 2 is 2.25 bits per heavy atom. The molecule has 0 radical (unpaired) electrons. The van der Waals surface area contributed by atoms with Gasteiger partial charge in [0, 0.05) is 12.1 Å². The summed E-state index contributed by atoms with van der Waals surface area (Å²) in [7, 11) is 0. The van der Waals surface area contributed by atoms with Crippen molar-refractivity contribution in [3.05, 3.63) is 27.5 Å². The minimum Gasteiger partial charge on any atom is -0.454 e. The Morgan fingerprint density at radius 1 is 1.46 bits per heavy atom. The van der Waals surface area contributed by atoms with Gasteiger partial charge in [-0.25, -0.2) is 0 Å². The molecule has 0 saturated carbocycles. The maximum absolute atomic E-state index is 12.4. The number of ether oxygens (including phenoxy) is 2. The van der Waals surface area contributed by atoms with E-state index in [0.717, 1.165) is 21.7 Å². The largest absolute Gasteiger partial charge is 0.454 e. The van der Waals surface area contributed by atoms with Crippen LogP contribution in [0.15, 0.2) is 17.1 Å². The van der Waals surface area contributed by atoms with Crippen molar-refractivity contribution < 1.29 is 14.3 Å². The van der Waals surface area contributed by atoms with Crippen molar-refractivity contribution in [3.8, 4) is 23.8 Å². The van der Waals surface area contributed by atoms with Gasteiger partial charge in [0.2, 0.25) is 6.79 Å². The normalized spacial score (nSPS) is 13.4. The number of amides is 1. The quantitative estimate of drug-likeness (QED) is 0.655. The molecule has 1 aliphatic heterocycles. The number of terminal acetylenes is 1. The molecule has 7 nitrogen and oxygen atoms in total. The van der Waals surface area contributed by atoms with Gasteiger partial charge in [-0.1, -0.05) is 21.7 Å². The lowest BCUT2D eigenvalue weighted by Crippen LogP contribution is -2.16. The maximum Gasteiger partial charge on any atom is 0.293 e. The minimum absolute atomic E-state index is 0.203. The van der Waals surface area contributed by atoms with Gasteiger partial charge in [0.15, 0.2) is 16.3 Å². The summed E-state index contributed by atoms with van der Waals surface area (Å²) in [4.78, 5) is 17.5. The first kappa shape index (κ1) is 14.9. The summed E-state index contributed by atoms with van der Waals surface area (Å²) in [6, 6.07) is 3.73. The number of carbonyl (C=O) groups is 1. The second-order valence-corrected chi connectivity index (χ2v) is 6.72. The van der Waals surface area contributed by atoms with Gasteiger partial charge in [0.05, 0.1) is 22.5 Å². The fourth-order valence-electron chi connectivity index (χ4n) is 2.35. The van der Waals surface area contributed by atoms with Gasteiger partial charge in [-0.2, -0.15) is 4.99 Å². The van der Waals surface area contributed by atoms with Crippen LogP contribution in [0.1, 0.15) is 15.4 Å². The van der Waals surface area contributed by atoms with Crippen LogP contribution in [-0.2, 0) is 6.54 Å². The monoisotopic (exact) mass is 358 g/mol. The third-order valence-corrected chi connectivity index (χ3v) is 5.33. The number of hydrogen-bond donors (Lipinski definition) is 0. The van der Waals surface area contributed by atoms with Crippen molar-refractivity contribution in [2.45, 2.75) is 13.5 Å². The Bertz CT molecular complexity index is 1070. The lowest BCUT2D eigenvalue weighted by atomic mass is 10.3. The van der Waals surface area contributed by atoms with E-state index in [-0.39, 0.29) is 12.7 Å². The summed E-state index contributed by atoms with van der Waals surface area (Å²) in [6.45, 7) is 2.23. The van der Waals surface area contributed by atoms with E-state index in [9.17, 15) is 4.79 Å². The van der Waals surface area contributed by atoms with Crippen molar-refractivity contribution in [3.63, 3.8) is 0 Å². The average Bonchev–Trinajstić information content (AvgIpc) is 3.25. The van der Waals surface area contributed by atoms with E-state index in [1.54, 1.807) is 6.92 Å². The highest BCUT2D eigenvalue weighted by Crippen LogP contribution is 2.36. The second kappa shape index (κ2) is 5.74. The van der Waals surface area contributed by atoms with Crippen LogP contribution in [0.2, 0.25) is 0 Å². The van der Waals surface area contributed by atoms with Crippen molar-refractivity contribution in [2.75, 3.05) is 6.79 Å². The molecule has 1 aliphatic rings. The molecule has 0 N–H and O–H groups in total. The first-order chi connectivity index (χ1) is 11.7. The molecule has 1 aromatic carbocycles. The molecule has 120 valence electrons. The molecule has 0 aliphatic carbocycles. The molecule has 0 unspecified atom stereocenters. The molecule has 3 aromatic rings.